The Kier molecular flexibility index (Phi) is 6.61. The first kappa shape index (κ1) is 23.5. The Morgan fingerprint density at radius 2 is 1.73 bits per heavy atom. The van der Waals surface area contributed by atoms with Crippen LogP contribution in [-0.4, -0.2) is 35.7 Å². The van der Waals surface area contributed by atoms with Crippen molar-refractivity contribution in [1.29, 1.82) is 0 Å². The minimum Gasteiger partial charge on any atom is -0.369 e. The van der Waals surface area contributed by atoms with E-state index >= 15 is 0 Å². The molecule has 0 radical (unpaired) electrons. The number of hydrogen-bond acceptors (Lipinski definition) is 4. The van der Waals surface area contributed by atoms with Crippen LogP contribution in [0.1, 0.15) is 71.2 Å². The third kappa shape index (κ3) is 4.98. The van der Waals surface area contributed by atoms with E-state index < -0.39 is 0 Å². The van der Waals surface area contributed by atoms with Gasteiger partial charge in [-0.2, -0.15) is 0 Å². The van der Waals surface area contributed by atoms with Crippen molar-refractivity contribution in [3.8, 4) is 0 Å². The van der Waals surface area contributed by atoms with Gasteiger partial charge in [-0.05, 0) is 61.1 Å². The molecule has 0 saturated carbocycles. The highest BCUT2D eigenvalue weighted by atomic mass is 32.1. The van der Waals surface area contributed by atoms with Crippen molar-refractivity contribution in [1.82, 2.24) is 4.90 Å². The average molecular weight is 468 g/mol. The molecule has 4 rings (SSSR count). The minimum absolute atomic E-state index is 0.0482. The van der Waals surface area contributed by atoms with Crippen molar-refractivity contribution in [2.45, 2.75) is 52.9 Å². The lowest BCUT2D eigenvalue weighted by molar-refractivity contribution is -0.123. The fourth-order valence-corrected chi connectivity index (χ4v) is 6.24. The molecule has 1 aliphatic carbocycles. The number of fused-ring (bicyclic) bond motifs is 1. The highest BCUT2D eigenvalue weighted by molar-refractivity contribution is 7.17. The number of anilines is 1. The van der Waals surface area contributed by atoms with Gasteiger partial charge in [0.2, 0.25) is 5.91 Å². The van der Waals surface area contributed by atoms with Crippen LogP contribution in [0.3, 0.4) is 0 Å². The quantitative estimate of drug-likeness (QED) is 0.694. The largest absolute Gasteiger partial charge is 0.369 e. The van der Waals surface area contributed by atoms with Gasteiger partial charge in [0.05, 0.1) is 5.56 Å². The van der Waals surface area contributed by atoms with Crippen LogP contribution >= 0.6 is 11.3 Å². The van der Waals surface area contributed by atoms with Crippen molar-refractivity contribution in [2.24, 2.45) is 23.0 Å². The zero-order valence-electron chi connectivity index (χ0n) is 19.6. The minimum atomic E-state index is -0.293. The molecular weight excluding hydrogens is 434 g/mol. The Labute approximate surface area is 199 Å². The summed E-state index contributed by atoms with van der Waals surface area (Å²) in [6, 6.07) is 9.08. The van der Waals surface area contributed by atoms with Crippen LogP contribution in [0, 0.1) is 17.3 Å². The predicted octanol–water partition coefficient (Wildman–Crippen LogP) is 4.49. The molecule has 2 aromatic rings. The molecule has 1 saturated heterocycles. The zero-order valence-corrected chi connectivity index (χ0v) is 20.5. The molecule has 1 fully saturated rings. The van der Waals surface area contributed by atoms with Crippen LogP contribution in [0.2, 0.25) is 0 Å². The normalized spacial score (nSPS) is 19.1. The molecule has 33 heavy (non-hydrogen) atoms. The third-order valence-corrected chi connectivity index (χ3v) is 8.32. The van der Waals surface area contributed by atoms with Gasteiger partial charge in [-0.15, -0.1) is 11.3 Å². The van der Waals surface area contributed by atoms with E-state index in [1.54, 1.807) is 23.5 Å². The molecule has 6 nitrogen and oxygen atoms in total. The lowest BCUT2D eigenvalue weighted by Gasteiger charge is -2.34. The number of nitrogens with two attached hydrogens (primary N) is 1. The maximum atomic E-state index is 13.7. The van der Waals surface area contributed by atoms with Gasteiger partial charge >= 0.3 is 0 Å². The van der Waals surface area contributed by atoms with Gasteiger partial charge < -0.3 is 16.0 Å². The topological polar surface area (TPSA) is 92.5 Å². The van der Waals surface area contributed by atoms with Crippen LogP contribution in [0.4, 0.5) is 5.00 Å². The fraction of sp³-hybridized carbons (Fsp3) is 0.500. The van der Waals surface area contributed by atoms with Gasteiger partial charge in [0.1, 0.15) is 5.00 Å². The summed E-state index contributed by atoms with van der Waals surface area (Å²) in [5.41, 5.74) is 7.96. The van der Waals surface area contributed by atoms with Crippen LogP contribution in [0.15, 0.2) is 30.3 Å². The highest BCUT2D eigenvalue weighted by Gasteiger charge is 2.36. The molecular formula is C26H33N3O3S. The van der Waals surface area contributed by atoms with Gasteiger partial charge in [0.25, 0.3) is 11.8 Å². The molecule has 0 bridgehead atoms. The number of rotatable bonds is 4. The number of benzene rings is 1. The number of primary amides is 1. The molecule has 2 aliphatic rings. The Morgan fingerprint density at radius 3 is 2.33 bits per heavy atom. The van der Waals surface area contributed by atoms with E-state index in [-0.39, 0.29) is 29.1 Å². The molecule has 1 aromatic heterocycles. The summed E-state index contributed by atoms with van der Waals surface area (Å²) in [6.07, 6.45) is 3.97. The Hall–Kier alpha value is -2.67. The lowest BCUT2D eigenvalue weighted by atomic mass is 9.72. The number of likely N-dealkylation sites (tertiary alicyclic amines) is 1. The molecule has 0 unspecified atom stereocenters. The number of amides is 3. The molecule has 2 heterocycles. The number of piperidine rings is 1. The van der Waals surface area contributed by atoms with E-state index in [0.717, 1.165) is 24.8 Å². The van der Waals surface area contributed by atoms with E-state index in [4.69, 9.17) is 5.73 Å². The summed E-state index contributed by atoms with van der Waals surface area (Å²) in [4.78, 5) is 41.2. The van der Waals surface area contributed by atoms with Crippen molar-refractivity contribution in [3.05, 3.63) is 51.9 Å². The fourth-order valence-electron chi connectivity index (χ4n) is 4.93. The molecule has 7 heteroatoms. The van der Waals surface area contributed by atoms with Crippen molar-refractivity contribution in [3.63, 3.8) is 0 Å². The van der Waals surface area contributed by atoms with E-state index in [9.17, 15) is 14.4 Å². The van der Waals surface area contributed by atoms with Crippen molar-refractivity contribution < 1.29 is 14.4 Å². The monoisotopic (exact) mass is 467 g/mol. The first-order chi connectivity index (χ1) is 15.6. The molecule has 0 spiro atoms. The standard InChI is InChI=1S/C26H33N3O3S/c1-26(2,3)18-9-10-19-20(15-18)33-24(28-23(31)17-7-5-4-6-8-17)21(19)25(32)29-13-11-16(12-14-29)22(27)30/h4-8,16,18H,9-15H2,1-3H3,(H2,27,30)(H,28,31)/t18-/m0/s1. The average Bonchev–Trinajstić information content (AvgIpc) is 3.15. The van der Waals surface area contributed by atoms with Crippen LogP contribution < -0.4 is 11.1 Å². The van der Waals surface area contributed by atoms with E-state index in [1.165, 1.54) is 4.88 Å². The molecule has 1 aromatic carbocycles. The number of nitrogens with zero attached hydrogens (tertiary/aromatic N) is 1. The number of carbonyl (C=O) groups is 3. The summed E-state index contributed by atoms with van der Waals surface area (Å²) in [5, 5.41) is 3.69. The highest BCUT2D eigenvalue weighted by Crippen LogP contribution is 2.45. The molecule has 176 valence electrons. The van der Waals surface area contributed by atoms with Gasteiger partial charge in [-0.3, -0.25) is 14.4 Å². The van der Waals surface area contributed by atoms with Crippen LogP contribution in [-0.2, 0) is 17.6 Å². The number of carbonyl (C=O) groups excluding carboxylic acids is 3. The maximum absolute atomic E-state index is 13.7. The summed E-state index contributed by atoms with van der Waals surface area (Å²) in [6.45, 7) is 7.82. The summed E-state index contributed by atoms with van der Waals surface area (Å²) >= 11 is 1.55. The Morgan fingerprint density at radius 1 is 1.06 bits per heavy atom. The van der Waals surface area contributed by atoms with Crippen LogP contribution in [0.25, 0.3) is 0 Å². The Balaban J connectivity index is 1.64. The predicted molar refractivity (Wildman–Crippen MR) is 132 cm³/mol. The summed E-state index contributed by atoms with van der Waals surface area (Å²) < 4.78 is 0. The van der Waals surface area contributed by atoms with Crippen molar-refractivity contribution >= 4 is 34.1 Å². The summed E-state index contributed by atoms with van der Waals surface area (Å²) in [7, 11) is 0. The van der Waals surface area contributed by atoms with E-state index in [1.807, 2.05) is 23.1 Å². The third-order valence-electron chi connectivity index (χ3n) is 7.15. The van der Waals surface area contributed by atoms with E-state index in [2.05, 4.69) is 26.1 Å². The smallest absolute Gasteiger partial charge is 0.257 e. The molecule has 1 atom stereocenters. The van der Waals surface area contributed by atoms with Gasteiger partial charge in [0.15, 0.2) is 0 Å². The number of hydrogen-bond donors (Lipinski definition) is 2. The van der Waals surface area contributed by atoms with Crippen LogP contribution in [0.5, 0.6) is 0 Å². The number of nitrogens with one attached hydrogen (secondary N) is 1. The SMILES string of the molecule is CC(C)(C)[C@H]1CCc2c(sc(NC(=O)c3ccccc3)c2C(=O)N2CCC(C(N)=O)CC2)C1. The maximum Gasteiger partial charge on any atom is 0.257 e. The summed E-state index contributed by atoms with van der Waals surface area (Å²) in [5.74, 6) is -0.180. The number of thiophene rings is 1. The van der Waals surface area contributed by atoms with Gasteiger partial charge in [-0.25, -0.2) is 0 Å². The zero-order chi connectivity index (χ0) is 23.8. The molecule has 1 aliphatic heterocycles. The Bertz CT molecular complexity index is 1050. The van der Waals surface area contributed by atoms with Gasteiger partial charge in [-0.1, -0.05) is 39.0 Å². The molecule has 3 N–H and O–H groups in total. The second-order valence-corrected chi connectivity index (χ2v) is 11.4. The molecule has 3 amide bonds. The first-order valence-electron chi connectivity index (χ1n) is 11.7. The first-order valence-corrected chi connectivity index (χ1v) is 12.6. The second-order valence-electron chi connectivity index (χ2n) is 10.3. The van der Waals surface area contributed by atoms with E-state index in [0.29, 0.717) is 48.0 Å². The second kappa shape index (κ2) is 9.29. The lowest BCUT2D eigenvalue weighted by Crippen LogP contribution is -2.42. The van der Waals surface area contributed by atoms with Crippen molar-refractivity contribution in [2.75, 3.05) is 18.4 Å². The van der Waals surface area contributed by atoms with Gasteiger partial charge in [0, 0.05) is 29.4 Å².